The van der Waals surface area contributed by atoms with Gasteiger partial charge < -0.3 is 9.47 Å². The maximum atomic E-state index is 12.4. The standard InChI is InChI=1S/C15H20O4P/c1-18-12-8-5-9-13(19-2)14(12)15(16)20(17)10-11-6-3-4-7-11/h5,8-9,11H,3-4,6-7,10H2,1-2H3/q+1. The molecular formula is C15H20O4P+. The second-order valence-corrected chi connectivity index (χ2v) is 6.58. The van der Waals surface area contributed by atoms with Crippen LogP contribution in [0, 0.1) is 5.92 Å². The fourth-order valence-electron chi connectivity index (χ4n) is 2.70. The van der Waals surface area contributed by atoms with Crippen LogP contribution in [0.1, 0.15) is 36.0 Å². The summed E-state index contributed by atoms with van der Waals surface area (Å²) in [6.45, 7) is 0. The van der Waals surface area contributed by atoms with Gasteiger partial charge >= 0.3 is 13.3 Å². The van der Waals surface area contributed by atoms with E-state index in [9.17, 15) is 9.36 Å². The van der Waals surface area contributed by atoms with Crippen LogP contribution >= 0.6 is 7.80 Å². The summed E-state index contributed by atoms with van der Waals surface area (Å²) >= 11 is 0. The normalized spacial score (nSPS) is 16.0. The first-order chi connectivity index (χ1) is 9.67. The molecule has 1 aliphatic rings. The molecule has 108 valence electrons. The van der Waals surface area contributed by atoms with Gasteiger partial charge in [-0.25, -0.2) is 4.79 Å². The highest BCUT2D eigenvalue weighted by molar-refractivity contribution is 7.64. The quantitative estimate of drug-likeness (QED) is 0.748. The maximum Gasteiger partial charge on any atom is 0.420 e. The van der Waals surface area contributed by atoms with Gasteiger partial charge in [-0.3, -0.25) is 0 Å². The van der Waals surface area contributed by atoms with Crippen LogP contribution in [0.2, 0.25) is 0 Å². The molecule has 0 radical (unpaired) electrons. The van der Waals surface area contributed by atoms with Crippen LogP contribution in [0.25, 0.3) is 0 Å². The van der Waals surface area contributed by atoms with E-state index in [1.807, 2.05) is 0 Å². The number of carbonyl (C=O) groups is 1. The Bertz CT molecular complexity index is 484. The highest BCUT2D eigenvalue weighted by Gasteiger charge is 2.37. The van der Waals surface area contributed by atoms with Gasteiger partial charge in [0.05, 0.1) is 14.2 Å². The van der Waals surface area contributed by atoms with Crippen LogP contribution in [0.5, 0.6) is 11.5 Å². The van der Waals surface area contributed by atoms with E-state index in [0.29, 0.717) is 29.1 Å². The first kappa shape index (κ1) is 15.0. The Kier molecular flexibility index (Phi) is 5.13. The molecule has 0 spiro atoms. The smallest absolute Gasteiger partial charge is 0.420 e. The van der Waals surface area contributed by atoms with Crippen molar-refractivity contribution >= 4 is 13.3 Å². The minimum Gasteiger partial charge on any atom is -0.496 e. The van der Waals surface area contributed by atoms with Crippen LogP contribution in [-0.2, 0) is 4.57 Å². The first-order valence-corrected chi connectivity index (χ1v) is 8.31. The minimum atomic E-state index is -1.92. The van der Waals surface area contributed by atoms with Gasteiger partial charge in [0.15, 0.2) is 11.7 Å². The predicted octanol–water partition coefficient (Wildman–Crippen LogP) is 3.86. The Labute approximate surface area is 120 Å². The third kappa shape index (κ3) is 3.18. The maximum absolute atomic E-state index is 12.4. The van der Waals surface area contributed by atoms with Crippen LogP contribution in [-0.4, -0.2) is 25.9 Å². The van der Waals surface area contributed by atoms with E-state index < -0.39 is 7.80 Å². The lowest BCUT2D eigenvalue weighted by Gasteiger charge is -2.08. The fraction of sp³-hybridized carbons (Fsp3) is 0.533. The van der Waals surface area contributed by atoms with Crippen molar-refractivity contribution in [2.24, 2.45) is 5.92 Å². The highest BCUT2D eigenvalue weighted by atomic mass is 31.1. The SMILES string of the molecule is COc1cccc(OC)c1C(=O)[P+](=O)CC1CCCC1. The Morgan fingerprint density at radius 2 is 1.75 bits per heavy atom. The summed E-state index contributed by atoms with van der Waals surface area (Å²) in [6.07, 6.45) is 5.00. The lowest BCUT2D eigenvalue weighted by molar-refractivity contribution is 0.107. The summed E-state index contributed by atoms with van der Waals surface area (Å²) < 4.78 is 22.7. The number of hydrogen-bond donors (Lipinski definition) is 0. The molecule has 20 heavy (non-hydrogen) atoms. The average molecular weight is 295 g/mol. The van der Waals surface area contributed by atoms with Crippen molar-refractivity contribution < 1.29 is 18.8 Å². The third-order valence-electron chi connectivity index (χ3n) is 3.77. The molecule has 1 aromatic rings. The topological polar surface area (TPSA) is 52.6 Å². The summed E-state index contributed by atoms with van der Waals surface area (Å²) in [7, 11) is 1.07. The zero-order chi connectivity index (χ0) is 14.5. The molecule has 1 aromatic carbocycles. The second kappa shape index (κ2) is 6.85. The molecule has 0 saturated heterocycles. The van der Waals surface area contributed by atoms with E-state index in [4.69, 9.17) is 9.47 Å². The van der Waals surface area contributed by atoms with E-state index in [0.717, 1.165) is 12.8 Å². The van der Waals surface area contributed by atoms with Gasteiger partial charge in [0.1, 0.15) is 11.5 Å². The zero-order valence-corrected chi connectivity index (χ0v) is 12.8. The van der Waals surface area contributed by atoms with Crippen molar-refractivity contribution in [2.45, 2.75) is 25.7 Å². The monoisotopic (exact) mass is 295 g/mol. The van der Waals surface area contributed by atoms with Gasteiger partial charge in [-0.15, -0.1) is 0 Å². The molecule has 0 aromatic heterocycles. The fourth-order valence-corrected chi connectivity index (χ4v) is 4.17. The number of carbonyl (C=O) groups excluding carboxylic acids is 1. The molecule has 0 aliphatic heterocycles. The Hall–Kier alpha value is -1.41. The van der Waals surface area contributed by atoms with Crippen LogP contribution in [0.3, 0.4) is 0 Å². The number of rotatable bonds is 6. The van der Waals surface area contributed by atoms with Gasteiger partial charge in [-0.1, -0.05) is 23.5 Å². The molecule has 1 unspecified atom stereocenters. The molecule has 1 aliphatic carbocycles. The van der Waals surface area contributed by atoms with Crippen molar-refractivity contribution in [3.05, 3.63) is 23.8 Å². The van der Waals surface area contributed by atoms with Crippen molar-refractivity contribution in [3.63, 3.8) is 0 Å². The number of ether oxygens (including phenoxy) is 2. The summed E-state index contributed by atoms with van der Waals surface area (Å²) in [5, 5.41) is 0. The number of hydrogen-bond acceptors (Lipinski definition) is 4. The summed E-state index contributed by atoms with van der Waals surface area (Å²) in [4.78, 5) is 12.4. The molecule has 1 saturated carbocycles. The lowest BCUT2D eigenvalue weighted by atomic mass is 10.1. The van der Waals surface area contributed by atoms with Crippen molar-refractivity contribution in [1.82, 2.24) is 0 Å². The Balaban J connectivity index is 2.21. The van der Waals surface area contributed by atoms with E-state index in [1.54, 1.807) is 18.2 Å². The minimum absolute atomic E-state index is 0.302. The molecule has 1 atom stereocenters. The second-order valence-electron chi connectivity index (χ2n) is 5.05. The van der Waals surface area contributed by atoms with E-state index in [2.05, 4.69) is 0 Å². The van der Waals surface area contributed by atoms with Gasteiger partial charge in [0.2, 0.25) is 0 Å². The summed E-state index contributed by atoms with van der Waals surface area (Å²) in [5.41, 5.74) is -0.0576. The molecule has 2 rings (SSSR count). The molecule has 1 fully saturated rings. The van der Waals surface area contributed by atoms with Gasteiger partial charge in [0, 0.05) is 5.92 Å². The van der Waals surface area contributed by atoms with Crippen LogP contribution in [0.15, 0.2) is 18.2 Å². The predicted molar refractivity (Wildman–Crippen MR) is 78.3 cm³/mol. The molecule has 4 nitrogen and oxygen atoms in total. The molecule has 0 bridgehead atoms. The molecule has 0 heterocycles. The number of methoxy groups -OCH3 is 2. The molecule has 0 N–H and O–H groups in total. The number of benzene rings is 1. The molecule has 0 amide bonds. The van der Waals surface area contributed by atoms with Gasteiger partial charge in [0.25, 0.3) is 0 Å². The van der Waals surface area contributed by atoms with E-state index in [-0.39, 0.29) is 5.52 Å². The van der Waals surface area contributed by atoms with Gasteiger partial charge in [-0.2, -0.15) is 0 Å². The van der Waals surface area contributed by atoms with Crippen molar-refractivity contribution in [1.29, 1.82) is 0 Å². The molecule has 5 heteroatoms. The van der Waals surface area contributed by atoms with E-state index in [1.165, 1.54) is 27.1 Å². The van der Waals surface area contributed by atoms with Crippen molar-refractivity contribution in [2.75, 3.05) is 20.4 Å². The summed E-state index contributed by atoms with van der Waals surface area (Å²) in [6, 6.07) is 5.13. The largest absolute Gasteiger partial charge is 0.496 e. The highest BCUT2D eigenvalue weighted by Crippen LogP contribution is 2.40. The Morgan fingerprint density at radius 1 is 1.20 bits per heavy atom. The first-order valence-electron chi connectivity index (χ1n) is 6.87. The van der Waals surface area contributed by atoms with Crippen LogP contribution < -0.4 is 9.47 Å². The average Bonchev–Trinajstić information content (AvgIpc) is 2.98. The Morgan fingerprint density at radius 3 is 2.25 bits per heavy atom. The van der Waals surface area contributed by atoms with E-state index >= 15 is 0 Å². The third-order valence-corrected chi connectivity index (χ3v) is 5.29. The summed E-state index contributed by atoms with van der Waals surface area (Å²) in [5.74, 6) is 1.26. The zero-order valence-electron chi connectivity index (χ0n) is 11.9. The van der Waals surface area contributed by atoms with Crippen molar-refractivity contribution in [3.8, 4) is 11.5 Å². The molecular weight excluding hydrogens is 275 g/mol. The van der Waals surface area contributed by atoms with Gasteiger partial charge in [-0.05, 0) is 25.0 Å². The lowest BCUT2D eigenvalue weighted by Crippen LogP contribution is -2.05. The van der Waals surface area contributed by atoms with Crippen LogP contribution in [0.4, 0.5) is 0 Å².